The first-order valence-electron chi connectivity index (χ1n) is 7.01. The summed E-state index contributed by atoms with van der Waals surface area (Å²) in [6, 6.07) is 10.2. The molecule has 1 saturated carbocycles. The van der Waals surface area contributed by atoms with Crippen LogP contribution >= 0.6 is 0 Å². The zero-order valence-corrected chi connectivity index (χ0v) is 11.0. The van der Waals surface area contributed by atoms with Gasteiger partial charge >= 0.3 is 0 Å². The van der Waals surface area contributed by atoms with Crippen LogP contribution in [-0.2, 0) is 9.53 Å². The molecule has 2 atom stereocenters. The Morgan fingerprint density at radius 1 is 1.32 bits per heavy atom. The zero-order valence-electron chi connectivity index (χ0n) is 11.0. The summed E-state index contributed by atoms with van der Waals surface area (Å²) in [6.45, 7) is 1.91. The molecule has 1 aromatic rings. The predicted molar refractivity (Wildman–Crippen MR) is 72.7 cm³/mol. The van der Waals surface area contributed by atoms with Gasteiger partial charge in [0.2, 0.25) is 5.91 Å². The van der Waals surface area contributed by atoms with Crippen LogP contribution in [0.5, 0.6) is 0 Å². The summed E-state index contributed by atoms with van der Waals surface area (Å²) in [5.74, 6) is 0.649. The highest BCUT2D eigenvalue weighted by Crippen LogP contribution is 2.40. The van der Waals surface area contributed by atoms with Gasteiger partial charge < -0.3 is 15.4 Å². The fourth-order valence-corrected chi connectivity index (χ4v) is 2.55. The maximum absolute atomic E-state index is 12.3. The summed E-state index contributed by atoms with van der Waals surface area (Å²) in [5, 5.41) is 6.38. The third-order valence-electron chi connectivity index (χ3n) is 3.79. The summed E-state index contributed by atoms with van der Waals surface area (Å²) in [7, 11) is 0. The number of nitrogens with one attached hydrogen (secondary N) is 2. The second-order valence-corrected chi connectivity index (χ2v) is 5.32. The van der Waals surface area contributed by atoms with Gasteiger partial charge in [-0.2, -0.15) is 0 Å². The molecule has 102 valence electrons. The first kappa shape index (κ1) is 12.6. The van der Waals surface area contributed by atoms with E-state index in [0.29, 0.717) is 19.1 Å². The molecule has 2 unspecified atom stereocenters. The highest BCUT2D eigenvalue weighted by molar-refractivity contribution is 5.82. The third kappa shape index (κ3) is 3.14. The molecule has 0 aromatic heterocycles. The monoisotopic (exact) mass is 260 g/mol. The lowest BCUT2D eigenvalue weighted by atomic mass is 10.0. The van der Waals surface area contributed by atoms with E-state index in [0.717, 1.165) is 6.54 Å². The van der Waals surface area contributed by atoms with E-state index in [1.165, 1.54) is 18.4 Å². The van der Waals surface area contributed by atoms with Crippen LogP contribution in [-0.4, -0.2) is 31.7 Å². The molecule has 0 bridgehead atoms. The van der Waals surface area contributed by atoms with Crippen molar-refractivity contribution in [1.82, 2.24) is 10.6 Å². The molecule has 2 aliphatic rings. The number of benzene rings is 1. The normalized spacial score (nSPS) is 24.7. The zero-order chi connectivity index (χ0) is 13.1. The van der Waals surface area contributed by atoms with Crippen molar-refractivity contribution in [3.63, 3.8) is 0 Å². The second-order valence-electron chi connectivity index (χ2n) is 5.32. The SMILES string of the molecule is O=C(NC(c1ccccc1)C1CC1)C1COCCN1. The largest absolute Gasteiger partial charge is 0.378 e. The van der Waals surface area contributed by atoms with Gasteiger partial charge in [0.1, 0.15) is 6.04 Å². The number of hydrogen-bond acceptors (Lipinski definition) is 3. The van der Waals surface area contributed by atoms with Crippen molar-refractivity contribution < 1.29 is 9.53 Å². The Kier molecular flexibility index (Phi) is 3.80. The fraction of sp³-hybridized carbons (Fsp3) is 0.533. The fourth-order valence-electron chi connectivity index (χ4n) is 2.55. The lowest BCUT2D eigenvalue weighted by Gasteiger charge is -2.26. The van der Waals surface area contributed by atoms with Crippen LogP contribution < -0.4 is 10.6 Å². The lowest BCUT2D eigenvalue weighted by Crippen LogP contribution is -2.52. The summed E-state index contributed by atoms with van der Waals surface area (Å²) < 4.78 is 5.34. The van der Waals surface area contributed by atoms with Crippen molar-refractivity contribution in [2.45, 2.75) is 24.9 Å². The number of carbonyl (C=O) groups excluding carboxylic acids is 1. The summed E-state index contributed by atoms with van der Waals surface area (Å²) in [5.41, 5.74) is 1.20. The number of amides is 1. The van der Waals surface area contributed by atoms with Crippen molar-refractivity contribution in [3.05, 3.63) is 35.9 Å². The molecule has 1 aliphatic heterocycles. The predicted octanol–water partition coefficient (Wildman–Crippen LogP) is 1.24. The van der Waals surface area contributed by atoms with E-state index in [4.69, 9.17) is 4.74 Å². The highest BCUT2D eigenvalue weighted by Gasteiger charge is 2.34. The van der Waals surface area contributed by atoms with Gasteiger partial charge in [0.15, 0.2) is 0 Å². The molecule has 2 N–H and O–H groups in total. The smallest absolute Gasteiger partial charge is 0.240 e. The minimum absolute atomic E-state index is 0.0560. The van der Waals surface area contributed by atoms with Gasteiger partial charge in [-0.15, -0.1) is 0 Å². The van der Waals surface area contributed by atoms with Crippen LogP contribution in [0, 0.1) is 5.92 Å². The van der Waals surface area contributed by atoms with E-state index in [2.05, 4.69) is 22.8 Å². The minimum atomic E-state index is -0.210. The van der Waals surface area contributed by atoms with E-state index >= 15 is 0 Å². The minimum Gasteiger partial charge on any atom is -0.378 e. The van der Waals surface area contributed by atoms with E-state index in [9.17, 15) is 4.79 Å². The van der Waals surface area contributed by atoms with Crippen LogP contribution in [0.1, 0.15) is 24.4 Å². The standard InChI is InChI=1S/C15H20N2O2/c18-15(13-10-19-9-8-16-13)17-14(12-6-7-12)11-4-2-1-3-5-11/h1-5,12-14,16H,6-10H2,(H,17,18). The van der Waals surface area contributed by atoms with E-state index in [-0.39, 0.29) is 18.0 Å². The average Bonchev–Trinajstić information content (AvgIpc) is 3.31. The van der Waals surface area contributed by atoms with Crippen LogP contribution in [0.2, 0.25) is 0 Å². The highest BCUT2D eigenvalue weighted by atomic mass is 16.5. The van der Waals surface area contributed by atoms with Gasteiger partial charge in [0, 0.05) is 6.54 Å². The van der Waals surface area contributed by atoms with E-state index in [1.807, 2.05) is 18.2 Å². The van der Waals surface area contributed by atoms with Crippen LogP contribution in [0.3, 0.4) is 0 Å². The topological polar surface area (TPSA) is 50.4 Å². The number of morpholine rings is 1. The Morgan fingerprint density at radius 2 is 2.11 bits per heavy atom. The maximum Gasteiger partial charge on any atom is 0.240 e. The van der Waals surface area contributed by atoms with E-state index in [1.54, 1.807) is 0 Å². The Hall–Kier alpha value is -1.39. The molecule has 1 saturated heterocycles. The van der Waals surface area contributed by atoms with Crippen LogP contribution in [0.25, 0.3) is 0 Å². The van der Waals surface area contributed by atoms with Gasteiger partial charge in [0.25, 0.3) is 0 Å². The van der Waals surface area contributed by atoms with Gasteiger partial charge in [-0.3, -0.25) is 4.79 Å². The molecule has 19 heavy (non-hydrogen) atoms. The van der Waals surface area contributed by atoms with Gasteiger partial charge in [-0.1, -0.05) is 30.3 Å². The number of rotatable bonds is 4. The Morgan fingerprint density at radius 3 is 2.74 bits per heavy atom. The molecule has 4 nitrogen and oxygen atoms in total. The molecular weight excluding hydrogens is 240 g/mol. The van der Waals surface area contributed by atoms with Crippen molar-refractivity contribution in [2.24, 2.45) is 5.92 Å². The number of ether oxygens (including phenoxy) is 1. The first-order chi connectivity index (χ1) is 9.34. The van der Waals surface area contributed by atoms with Gasteiger partial charge in [-0.05, 0) is 24.3 Å². The Bertz CT molecular complexity index is 425. The lowest BCUT2D eigenvalue weighted by molar-refractivity contribution is -0.126. The number of hydrogen-bond donors (Lipinski definition) is 2. The van der Waals surface area contributed by atoms with E-state index < -0.39 is 0 Å². The quantitative estimate of drug-likeness (QED) is 0.856. The van der Waals surface area contributed by atoms with Crippen molar-refractivity contribution >= 4 is 5.91 Å². The summed E-state index contributed by atoms with van der Waals surface area (Å²) in [6.07, 6.45) is 2.41. The Balaban J connectivity index is 1.66. The van der Waals surface area contributed by atoms with Crippen molar-refractivity contribution in [1.29, 1.82) is 0 Å². The number of carbonyl (C=O) groups is 1. The summed E-state index contributed by atoms with van der Waals surface area (Å²) in [4.78, 5) is 12.3. The molecule has 3 rings (SSSR count). The average molecular weight is 260 g/mol. The molecule has 1 aliphatic carbocycles. The van der Waals surface area contributed by atoms with Crippen molar-refractivity contribution in [2.75, 3.05) is 19.8 Å². The summed E-state index contributed by atoms with van der Waals surface area (Å²) >= 11 is 0. The first-order valence-corrected chi connectivity index (χ1v) is 7.01. The molecule has 1 heterocycles. The van der Waals surface area contributed by atoms with Gasteiger partial charge in [-0.25, -0.2) is 0 Å². The third-order valence-corrected chi connectivity index (χ3v) is 3.79. The molecule has 4 heteroatoms. The molecule has 1 aromatic carbocycles. The molecule has 0 spiro atoms. The molecule has 2 fully saturated rings. The molecular formula is C15H20N2O2. The van der Waals surface area contributed by atoms with Crippen LogP contribution in [0.15, 0.2) is 30.3 Å². The maximum atomic E-state index is 12.3. The molecule has 1 amide bonds. The van der Waals surface area contributed by atoms with Gasteiger partial charge in [0.05, 0.1) is 19.3 Å². The van der Waals surface area contributed by atoms with Crippen LogP contribution in [0.4, 0.5) is 0 Å². The second kappa shape index (κ2) is 5.72. The Labute approximate surface area is 113 Å². The van der Waals surface area contributed by atoms with Crippen molar-refractivity contribution in [3.8, 4) is 0 Å². The molecule has 0 radical (unpaired) electrons.